The zero-order valence-electron chi connectivity index (χ0n) is 13.2. The van der Waals surface area contributed by atoms with Crippen molar-refractivity contribution in [3.05, 3.63) is 0 Å². The highest BCUT2D eigenvalue weighted by molar-refractivity contribution is 4.66. The number of nitrogens with zero attached hydrogens (tertiary/aromatic N) is 2. The van der Waals surface area contributed by atoms with Gasteiger partial charge in [0, 0.05) is 32.3 Å². The summed E-state index contributed by atoms with van der Waals surface area (Å²) in [5.74, 6) is 0. The van der Waals surface area contributed by atoms with E-state index in [1.165, 1.54) is 6.42 Å². The lowest BCUT2D eigenvalue weighted by atomic mass is 10.2. The van der Waals surface area contributed by atoms with Crippen LogP contribution in [0, 0.1) is 0 Å². The highest BCUT2D eigenvalue weighted by atomic mass is 16.5. The molecule has 0 bridgehead atoms. The summed E-state index contributed by atoms with van der Waals surface area (Å²) in [5, 5.41) is 3.29. The molecule has 0 spiro atoms. The Morgan fingerprint density at radius 2 is 1.89 bits per heavy atom. The molecule has 0 saturated carbocycles. The summed E-state index contributed by atoms with van der Waals surface area (Å²) in [6.07, 6.45) is 2.29. The lowest BCUT2D eigenvalue weighted by molar-refractivity contribution is 0.100. The Labute approximate surface area is 114 Å². The van der Waals surface area contributed by atoms with Gasteiger partial charge >= 0.3 is 0 Å². The van der Waals surface area contributed by atoms with Crippen LogP contribution in [0.2, 0.25) is 0 Å². The third-order valence-corrected chi connectivity index (χ3v) is 3.73. The normalized spacial score (nSPS) is 15.3. The number of nitrogens with one attached hydrogen (secondary N) is 1. The number of hydrogen-bond donors (Lipinski definition) is 1. The van der Waals surface area contributed by atoms with Gasteiger partial charge in [0.05, 0.1) is 6.67 Å². The Kier molecular flexibility index (Phi) is 10.6. The minimum atomic E-state index is 0.570. The molecule has 18 heavy (non-hydrogen) atoms. The molecule has 0 aliphatic carbocycles. The van der Waals surface area contributed by atoms with Gasteiger partial charge in [-0.3, -0.25) is 9.80 Å². The largest absolute Gasteiger partial charge is 0.385 e. The van der Waals surface area contributed by atoms with E-state index in [0.29, 0.717) is 12.1 Å². The fraction of sp³-hybridized carbons (Fsp3) is 1.00. The Hall–Kier alpha value is -0.160. The van der Waals surface area contributed by atoms with Gasteiger partial charge in [-0.05, 0) is 47.3 Å². The van der Waals surface area contributed by atoms with Gasteiger partial charge in [-0.1, -0.05) is 6.92 Å². The Bertz CT molecular complexity index is 190. The Morgan fingerprint density at radius 3 is 2.39 bits per heavy atom. The standard InChI is InChI=1S/C14H33N3O/c1-7-17(10-8-13(2)15-4)12-16(5)14(3)9-11-18-6/h13-15H,7-12H2,1-6H3. The topological polar surface area (TPSA) is 27.7 Å². The zero-order chi connectivity index (χ0) is 14.0. The summed E-state index contributed by atoms with van der Waals surface area (Å²) in [7, 11) is 5.99. The van der Waals surface area contributed by atoms with Crippen molar-refractivity contribution in [3.8, 4) is 0 Å². The van der Waals surface area contributed by atoms with Gasteiger partial charge in [0.1, 0.15) is 0 Å². The van der Waals surface area contributed by atoms with Crippen LogP contribution in [0.15, 0.2) is 0 Å². The van der Waals surface area contributed by atoms with E-state index in [2.05, 4.69) is 42.9 Å². The lowest BCUT2D eigenvalue weighted by Crippen LogP contribution is -2.42. The zero-order valence-corrected chi connectivity index (χ0v) is 13.2. The summed E-state index contributed by atoms with van der Waals surface area (Å²) < 4.78 is 5.14. The van der Waals surface area contributed by atoms with Crippen LogP contribution in [0.5, 0.6) is 0 Å². The van der Waals surface area contributed by atoms with Crippen LogP contribution in [0.1, 0.15) is 33.6 Å². The Balaban J connectivity index is 3.94. The van der Waals surface area contributed by atoms with Gasteiger partial charge in [0.15, 0.2) is 0 Å². The average Bonchev–Trinajstić information content (AvgIpc) is 2.39. The summed E-state index contributed by atoms with van der Waals surface area (Å²) in [6.45, 7) is 10.9. The first-order chi connectivity index (χ1) is 8.54. The first-order valence-corrected chi connectivity index (χ1v) is 7.13. The van der Waals surface area contributed by atoms with Crippen LogP contribution in [0.4, 0.5) is 0 Å². The van der Waals surface area contributed by atoms with Crippen LogP contribution in [0.25, 0.3) is 0 Å². The molecule has 0 fully saturated rings. The molecule has 0 amide bonds. The van der Waals surface area contributed by atoms with E-state index in [-0.39, 0.29) is 0 Å². The van der Waals surface area contributed by atoms with Crippen molar-refractivity contribution in [2.45, 2.75) is 45.7 Å². The summed E-state index contributed by atoms with van der Waals surface area (Å²) in [6, 6.07) is 1.16. The van der Waals surface area contributed by atoms with Crippen LogP contribution in [-0.2, 0) is 4.74 Å². The molecule has 4 heteroatoms. The number of methoxy groups -OCH3 is 1. The van der Waals surface area contributed by atoms with E-state index >= 15 is 0 Å². The molecule has 110 valence electrons. The molecule has 0 saturated heterocycles. The molecule has 2 atom stereocenters. The van der Waals surface area contributed by atoms with Crippen molar-refractivity contribution in [1.29, 1.82) is 0 Å². The molecule has 1 N–H and O–H groups in total. The maximum absolute atomic E-state index is 5.14. The summed E-state index contributed by atoms with van der Waals surface area (Å²) in [5.41, 5.74) is 0. The van der Waals surface area contributed by atoms with Gasteiger partial charge in [-0.2, -0.15) is 0 Å². The molecule has 0 rings (SSSR count). The van der Waals surface area contributed by atoms with Gasteiger partial charge in [0.2, 0.25) is 0 Å². The van der Waals surface area contributed by atoms with E-state index in [1.807, 2.05) is 7.05 Å². The molecule has 0 radical (unpaired) electrons. The molecule has 2 unspecified atom stereocenters. The van der Waals surface area contributed by atoms with E-state index in [0.717, 1.165) is 32.8 Å². The quantitative estimate of drug-likeness (QED) is 0.571. The number of rotatable bonds is 11. The highest BCUT2D eigenvalue weighted by Gasteiger charge is 2.12. The van der Waals surface area contributed by atoms with Gasteiger partial charge in [-0.15, -0.1) is 0 Å². The molecule has 0 aliphatic rings. The van der Waals surface area contributed by atoms with Crippen molar-refractivity contribution in [2.24, 2.45) is 0 Å². The fourth-order valence-electron chi connectivity index (χ4n) is 1.81. The molecule has 0 aliphatic heterocycles. The Morgan fingerprint density at radius 1 is 1.22 bits per heavy atom. The van der Waals surface area contributed by atoms with Crippen molar-refractivity contribution >= 4 is 0 Å². The molecular formula is C14H33N3O. The predicted octanol–water partition coefficient (Wildman–Crippen LogP) is 1.62. The predicted molar refractivity (Wildman–Crippen MR) is 79.0 cm³/mol. The van der Waals surface area contributed by atoms with Crippen molar-refractivity contribution in [3.63, 3.8) is 0 Å². The van der Waals surface area contributed by atoms with E-state index in [9.17, 15) is 0 Å². The van der Waals surface area contributed by atoms with Crippen LogP contribution >= 0.6 is 0 Å². The second kappa shape index (κ2) is 10.7. The van der Waals surface area contributed by atoms with Crippen molar-refractivity contribution in [2.75, 3.05) is 47.6 Å². The second-order valence-electron chi connectivity index (χ2n) is 5.22. The first kappa shape index (κ1) is 17.8. The van der Waals surface area contributed by atoms with E-state index in [4.69, 9.17) is 4.74 Å². The smallest absolute Gasteiger partial charge is 0.0505 e. The minimum absolute atomic E-state index is 0.570. The molecule has 0 aromatic heterocycles. The molecule has 0 heterocycles. The number of ether oxygens (including phenoxy) is 1. The SMILES string of the molecule is CCN(CCC(C)NC)CN(C)C(C)CCOC. The molecule has 0 aromatic rings. The van der Waals surface area contributed by atoms with Crippen LogP contribution in [-0.4, -0.2) is 69.5 Å². The van der Waals surface area contributed by atoms with Gasteiger partial charge in [-0.25, -0.2) is 0 Å². The second-order valence-corrected chi connectivity index (χ2v) is 5.22. The number of hydrogen-bond acceptors (Lipinski definition) is 4. The van der Waals surface area contributed by atoms with Gasteiger partial charge in [0.25, 0.3) is 0 Å². The maximum Gasteiger partial charge on any atom is 0.0505 e. The lowest BCUT2D eigenvalue weighted by Gasteiger charge is -2.31. The fourth-order valence-corrected chi connectivity index (χ4v) is 1.81. The maximum atomic E-state index is 5.14. The first-order valence-electron chi connectivity index (χ1n) is 7.13. The molecule has 0 aromatic carbocycles. The van der Waals surface area contributed by atoms with Gasteiger partial charge < -0.3 is 10.1 Å². The third-order valence-electron chi connectivity index (χ3n) is 3.73. The average molecular weight is 259 g/mol. The van der Waals surface area contributed by atoms with Crippen LogP contribution in [0.3, 0.4) is 0 Å². The summed E-state index contributed by atoms with van der Waals surface area (Å²) >= 11 is 0. The van der Waals surface area contributed by atoms with Crippen LogP contribution < -0.4 is 5.32 Å². The van der Waals surface area contributed by atoms with Crippen molar-refractivity contribution < 1.29 is 4.74 Å². The van der Waals surface area contributed by atoms with E-state index < -0.39 is 0 Å². The van der Waals surface area contributed by atoms with E-state index in [1.54, 1.807) is 7.11 Å². The molecule has 4 nitrogen and oxygen atoms in total. The summed E-state index contributed by atoms with van der Waals surface area (Å²) in [4.78, 5) is 4.91. The highest BCUT2D eigenvalue weighted by Crippen LogP contribution is 2.04. The minimum Gasteiger partial charge on any atom is -0.385 e. The van der Waals surface area contributed by atoms with Crippen molar-refractivity contribution in [1.82, 2.24) is 15.1 Å². The third kappa shape index (κ3) is 8.03. The molecular weight excluding hydrogens is 226 g/mol. The monoisotopic (exact) mass is 259 g/mol.